The number of hydrogen-bond acceptors (Lipinski definition) is 5. The standard InChI is InChI=1S/C23H26FN3O5/c1-31-16-7-8-20(32-2)19(13-16)26-22(29)21(28)25-14-15-9-11-27(12-10-15)23(30)17-5-3-4-6-18(17)24/h3-8,13,15H,9-12,14H2,1-2H3,(H,25,28)(H,26,29). The zero-order valence-corrected chi connectivity index (χ0v) is 18.0. The Bertz CT molecular complexity index is 989. The van der Waals surface area contributed by atoms with E-state index in [-0.39, 0.29) is 17.4 Å². The first-order valence-electron chi connectivity index (χ1n) is 10.3. The van der Waals surface area contributed by atoms with Gasteiger partial charge in [0.2, 0.25) is 0 Å². The maximum atomic E-state index is 13.9. The van der Waals surface area contributed by atoms with Crippen LogP contribution in [0.3, 0.4) is 0 Å². The van der Waals surface area contributed by atoms with E-state index < -0.39 is 17.6 Å². The van der Waals surface area contributed by atoms with E-state index in [1.807, 2.05) is 0 Å². The summed E-state index contributed by atoms with van der Waals surface area (Å²) in [6, 6.07) is 10.8. The van der Waals surface area contributed by atoms with Crippen LogP contribution in [-0.2, 0) is 9.59 Å². The maximum Gasteiger partial charge on any atom is 0.313 e. The van der Waals surface area contributed by atoms with Crippen LogP contribution in [0.5, 0.6) is 11.5 Å². The average molecular weight is 443 g/mol. The van der Waals surface area contributed by atoms with E-state index in [4.69, 9.17) is 9.47 Å². The van der Waals surface area contributed by atoms with Gasteiger partial charge in [0.1, 0.15) is 17.3 Å². The molecule has 3 amide bonds. The minimum Gasteiger partial charge on any atom is -0.497 e. The number of piperidine rings is 1. The average Bonchev–Trinajstić information content (AvgIpc) is 2.82. The van der Waals surface area contributed by atoms with Gasteiger partial charge in [0.15, 0.2) is 0 Å². The predicted octanol–water partition coefficient (Wildman–Crippen LogP) is 2.45. The number of amides is 3. The lowest BCUT2D eigenvalue weighted by atomic mass is 9.96. The number of carbonyl (C=O) groups is 3. The van der Waals surface area contributed by atoms with E-state index >= 15 is 0 Å². The predicted molar refractivity (Wildman–Crippen MR) is 116 cm³/mol. The Morgan fingerprint density at radius 1 is 1.03 bits per heavy atom. The van der Waals surface area contributed by atoms with Gasteiger partial charge < -0.3 is 25.0 Å². The minimum atomic E-state index is -0.816. The molecule has 8 nitrogen and oxygen atoms in total. The van der Waals surface area contributed by atoms with E-state index in [0.717, 1.165) is 0 Å². The summed E-state index contributed by atoms with van der Waals surface area (Å²) in [7, 11) is 2.95. The van der Waals surface area contributed by atoms with E-state index in [2.05, 4.69) is 10.6 Å². The normalized spacial score (nSPS) is 13.9. The van der Waals surface area contributed by atoms with Crippen molar-refractivity contribution in [3.8, 4) is 11.5 Å². The van der Waals surface area contributed by atoms with Gasteiger partial charge in [-0.2, -0.15) is 0 Å². The molecule has 1 aliphatic heterocycles. The molecule has 2 aromatic carbocycles. The topological polar surface area (TPSA) is 97.0 Å². The zero-order chi connectivity index (χ0) is 23.1. The number of anilines is 1. The van der Waals surface area contributed by atoms with Gasteiger partial charge in [-0.15, -0.1) is 0 Å². The van der Waals surface area contributed by atoms with Crippen LogP contribution >= 0.6 is 0 Å². The van der Waals surface area contributed by atoms with Gasteiger partial charge in [-0.05, 0) is 43.0 Å². The fourth-order valence-electron chi connectivity index (χ4n) is 3.55. The Morgan fingerprint density at radius 3 is 2.41 bits per heavy atom. The Kier molecular flexibility index (Phi) is 7.64. The number of likely N-dealkylation sites (tertiary alicyclic amines) is 1. The molecule has 0 aromatic heterocycles. The highest BCUT2D eigenvalue weighted by atomic mass is 19.1. The van der Waals surface area contributed by atoms with Crippen molar-refractivity contribution < 1.29 is 28.2 Å². The Balaban J connectivity index is 1.47. The summed E-state index contributed by atoms with van der Waals surface area (Å²) in [4.78, 5) is 38.6. The fraction of sp³-hybridized carbons (Fsp3) is 0.348. The number of ether oxygens (including phenoxy) is 2. The summed E-state index contributed by atoms with van der Waals surface area (Å²) in [5, 5.41) is 5.16. The summed E-state index contributed by atoms with van der Waals surface area (Å²) in [5.41, 5.74) is 0.385. The molecule has 0 atom stereocenters. The van der Waals surface area contributed by atoms with E-state index in [1.54, 1.807) is 35.2 Å². The van der Waals surface area contributed by atoms with Gasteiger partial charge in [-0.1, -0.05) is 12.1 Å². The van der Waals surface area contributed by atoms with Crippen molar-refractivity contribution in [3.63, 3.8) is 0 Å². The van der Waals surface area contributed by atoms with Crippen LogP contribution in [0.2, 0.25) is 0 Å². The van der Waals surface area contributed by atoms with Crippen LogP contribution in [0.15, 0.2) is 42.5 Å². The molecule has 1 heterocycles. The van der Waals surface area contributed by atoms with Crippen LogP contribution in [-0.4, -0.2) is 56.5 Å². The summed E-state index contributed by atoms with van der Waals surface area (Å²) in [6.07, 6.45) is 1.29. The molecule has 1 fully saturated rings. The van der Waals surface area contributed by atoms with Crippen molar-refractivity contribution in [2.75, 3.05) is 39.2 Å². The number of methoxy groups -OCH3 is 2. The molecule has 170 valence electrons. The molecule has 0 aliphatic carbocycles. The molecule has 2 N–H and O–H groups in total. The number of benzene rings is 2. The highest BCUT2D eigenvalue weighted by Crippen LogP contribution is 2.28. The number of carbonyl (C=O) groups excluding carboxylic acids is 3. The summed E-state index contributed by atoms with van der Waals surface area (Å²) >= 11 is 0. The molecule has 3 rings (SSSR count). The molecule has 0 radical (unpaired) electrons. The number of nitrogens with zero attached hydrogens (tertiary/aromatic N) is 1. The number of nitrogens with one attached hydrogen (secondary N) is 2. The third-order valence-corrected chi connectivity index (χ3v) is 5.42. The second-order valence-corrected chi connectivity index (χ2v) is 7.45. The van der Waals surface area contributed by atoms with Crippen molar-refractivity contribution in [2.45, 2.75) is 12.8 Å². The molecule has 9 heteroatoms. The van der Waals surface area contributed by atoms with Crippen molar-refractivity contribution >= 4 is 23.4 Å². The molecular weight excluding hydrogens is 417 g/mol. The Labute approximate surface area is 185 Å². The monoisotopic (exact) mass is 443 g/mol. The molecule has 2 aromatic rings. The van der Waals surface area contributed by atoms with Crippen LogP contribution in [0, 0.1) is 11.7 Å². The van der Waals surface area contributed by atoms with Crippen molar-refractivity contribution in [1.82, 2.24) is 10.2 Å². The third kappa shape index (κ3) is 5.54. The summed E-state index contributed by atoms with van der Waals surface area (Å²) < 4.78 is 24.2. The maximum absolute atomic E-state index is 13.9. The molecule has 1 saturated heterocycles. The zero-order valence-electron chi connectivity index (χ0n) is 18.0. The fourth-order valence-corrected chi connectivity index (χ4v) is 3.55. The van der Waals surface area contributed by atoms with Gasteiger partial charge in [-0.25, -0.2) is 4.39 Å². The third-order valence-electron chi connectivity index (χ3n) is 5.42. The number of rotatable bonds is 6. The first-order chi connectivity index (χ1) is 15.4. The number of halogens is 1. The van der Waals surface area contributed by atoms with Gasteiger partial charge in [0.05, 0.1) is 25.5 Å². The van der Waals surface area contributed by atoms with Gasteiger partial charge >= 0.3 is 11.8 Å². The second kappa shape index (κ2) is 10.6. The molecule has 1 aliphatic rings. The molecule has 0 bridgehead atoms. The molecule has 0 saturated carbocycles. The summed E-state index contributed by atoms with van der Waals surface area (Å²) in [5.74, 6) is -1.42. The SMILES string of the molecule is COc1ccc(OC)c(NC(=O)C(=O)NCC2CCN(C(=O)c3ccccc3F)CC2)c1. The van der Waals surface area contributed by atoms with Crippen LogP contribution in [0.1, 0.15) is 23.2 Å². The van der Waals surface area contributed by atoms with Crippen molar-refractivity contribution in [1.29, 1.82) is 0 Å². The van der Waals surface area contributed by atoms with Gasteiger partial charge in [-0.3, -0.25) is 14.4 Å². The summed E-state index contributed by atoms with van der Waals surface area (Å²) in [6.45, 7) is 1.23. The van der Waals surface area contributed by atoms with Crippen molar-refractivity contribution in [3.05, 3.63) is 53.8 Å². The lowest BCUT2D eigenvalue weighted by Gasteiger charge is -2.32. The first kappa shape index (κ1) is 23.1. The van der Waals surface area contributed by atoms with Crippen LogP contribution in [0.4, 0.5) is 10.1 Å². The quantitative estimate of drug-likeness (QED) is 0.669. The van der Waals surface area contributed by atoms with Gasteiger partial charge in [0.25, 0.3) is 5.91 Å². The Morgan fingerprint density at radius 2 is 1.75 bits per heavy atom. The van der Waals surface area contributed by atoms with Crippen molar-refractivity contribution in [2.24, 2.45) is 5.92 Å². The van der Waals surface area contributed by atoms with Crippen LogP contribution in [0.25, 0.3) is 0 Å². The highest BCUT2D eigenvalue weighted by Gasteiger charge is 2.26. The Hall–Kier alpha value is -3.62. The molecular formula is C23H26FN3O5. The van der Waals surface area contributed by atoms with E-state index in [1.165, 1.54) is 26.4 Å². The lowest BCUT2D eigenvalue weighted by Crippen LogP contribution is -2.43. The molecule has 32 heavy (non-hydrogen) atoms. The largest absolute Gasteiger partial charge is 0.497 e. The molecule has 0 spiro atoms. The lowest BCUT2D eigenvalue weighted by molar-refractivity contribution is -0.136. The van der Waals surface area contributed by atoms with Crippen LogP contribution < -0.4 is 20.1 Å². The van der Waals surface area contributed by atoms with E-state index in [0.29, 0.717) is 49.7 Å². The minimum absolute atomic E-state index is 0.0592. The second-order valence-electron chi connectivity index (χ2n) is 7.45. The number of hydrogen-bond donors (Lipinski definition) is 2. The van der Waals surface area contributed by atoms with E-state index in [9.17, 15) is 18.8 Å². The highest BCUT2D eigenvalue weighted by molar-refractivity contribution is 6.39. The first-order valence-corrected chi connectivity index (χ1v) is 10.3. The smallest absolute Gasteiger partial charge is 0.313 e. The van der Waals surface area contributed by atoms with Gasteiger partial charge in [0, 0.05) is 25.7 Å². The molecule has 0 unspecified atom stereocenters.